The summed E-state index contributed by atoms with van der Waals surface area (Å²) in [5.41, 5.74) is 9.67. The third-order valence-electron chi connectivity index (χ3n) is 11.4. The number of hydrogen-bond donors (Lipinski definition) is 4. The molecular weight excluding hydrogens is 757 g/mol. The molecule has 0 radical (unpaired) electrons. The van der Waals surface area contributed by atoms with Gasteiger partial charge in [-0.3, -0.25) is 29.1 Å². The Hall–Kier alpha value is -5.46. The molecule has 12 nitrogen and oxygen atoms in total. The van der Waals surface area contributed by atoms with Crippen LogP contribution >= 0.6 is 0 Å². The van der Waals surface area contributed by atoms with E-state index in [1.54, 1.807) is 26.2 Å². The fourth-order valence-corrected chi connectivity index (χ4v) is 7.68. The number of rotatable bonds is 19. The Bertz CT molecular complexity index is 2060. The van der Waals surface area contributed by atoms with Crippen LogP contribution in [0.15, 0.2) is 60.9 Å². The van der Waals surface area contributed by atoms with Crippen LogP contribution in [0.5, 0.6) is 0 Å². The average Bonchev–Trinajstić information content (AvgIpc) is 4.15. The number of hydrogen-bond acceptors (Lipinski definition) is 10. The Morgan fingerprint density at radius 1 is 0.633 bits per heavy atom. The van der Waals surface area contributed by atoms with Gasteiger partial charge in [0.1, 0.15) is 23.5 Å². The van der Waals surface area contributed by atoms with Gasteiger partial charge in [-0.25, -0.2) is 0 Å². The number of nitrogens with zero attached hydrogens (tertiary/aromatic N) is 2. The highest BCUT2D eigenvalue weighted by atomic mass is 16.5. The van der Waals surface area contributed by atoms with Gasteiger partial charge in [0.15, 0.2) is 0 Å². The third-order valence-corrected chi connectivity index (χ3v) is 11.4. The molecule has 0 unspecified atom stereocenters. The Morgan fingerprint density at radius 3 is 1.35 bits per heavy atom. The standard InChI is InChI=1S/C48H60N6O6/c1-9-59-47(57)43(27(3)4)51-25-33-23-49-41(21-37(33)31-17-18-31)45(55)53-39-15-11-13-35(29(39)7)36-14-12-16-40(30(36)8)54-46(56)42-22-38(32-19-20-32)34(24-50-42)26-52-44(28(5)6)48(58)60-10-2/h11-16,21-24,27-28,31-32,43-44,51-52H,9-10,17-20,25-26H2,1-8H3,(H,53,55)(H,54,56)/t43-,44-/m0/s1. The summed E-state index contributed by atoms with van der Waals surface area (Å²) in [6, 6.07) is 14.5. The van der Waals surface area contributed by atoms with Crippen molar-refractivity contribution in [1.82, 2.24) is 20.6 Å². The highest BCUT2D eigenvalue weighted by molar-refractivity contribution is 6.05. The molecule has 318 valence electrons. The van der Waals surface area contributed by atoms with Crippen LogP contribution < -0.4 is 21.3 Å². The molecule has 0 saturated heterocycles. The van der Waals surface area contributed by atoms with Gasteiger partial charge in [0.05, 0.1) is 13.2 Å². The largest absolute Gasteiger partial charge is 0.465 e. The van der Waals surface area contributed by atoms with Crippen LogP contribution in [0.1, 0.15) is 133 Å². The van der Waals surface area contributed by atoms with Gasteiger partial charge < -0.3 is 30.7 Å². The summed E-state index contributed by atoms with van der Waals surface area (Å²) in [6.45, 7) is 17.0. The maximum atomic E-state index is 13.7. The predicted molar refractivity (Wildman–Crippen MR) is 234 cm³/mol. The van der Waals surface area contributed by atoms with E-state index in [0.29, 0.717) is 60.9 Å². The normalized spacial score (nSPS) is 14.8. The first-order valence-electron chi connectivity index (χ1n) is 21.4. The van der Waals surface area contributed by atoms with E-state index in [4.69, 9.17) is 9.47 Å². The molecule has 0 aliphatic heterocycles. The number of pyridine rings is 2. The molecule has 2 heterocycles. The summed E-state index contributed by atoms with van der Waals surface area (Å²) in [4.78, 5) is 61.7. The second kappa shape index (κ2) is 19.7. The van der Waals surface area contributed by atoms with Crippen molar-refractivity contribution in [2.45, 2.75) is 118 Å². The van der Waals surface area contributed by atoms with E-state index in [1.165, 1.54) is 0 Å². The Kier molecular flexibility index (Phi) is 14.5. The van der Waals surface area contributed by atoms with Crippen LogP contribution in [0.4, 0.5) is 11.4 Å². The molecule has 2 aliphatic carbocycles. The lowest BCUT2D eigenvalue weighted by atomic mass is 9.94. The molecule has 4 N–H and O–H groups in total. The molecule has 0 spiro atoms. The van der Waals surface area contributed by atoms with Crippen molar-refractivity contribution in [2.24, 2.45) is 11.8 Å². The third kappa shape index (κ3) is 10.6. The van der Waals surface area contributed by atoms with Crippen molar-refractivity contribution < 1.29 is 28.7 Å². The van der Waals surface area contributed by atoms with E-state index in [-0.39, 0.29) is 35.6 Å². The molecular formula is C48H60N6O6. The van der Waals surface area contributed by atoms with E-state index >= 15 is 0 Å². The van der Waals surface area contributed by atoms with E-state index < -0.39 is 12.1 Å². The predicted octanol–water partition coefficient (Wildman–Crippen LogP) is 8.37. The van der Waals surface area contributed by atoms with Crippen LogP contribution in [0, 0.1) is 25.7 Å². The first-order chi connectivity index (χ1) is 28.8. The van der Waals surface area contributed by atoms with Gasteiger partial charge in [0.2, 0.25) is 0 Å². The SMILES string of the molecule is CCOC(=O)[C@@H](NCc1cnc(C(=O)Nc2cccc(-c3cccc(NC(=O)c4cc(C5CC5)c(CN[C@H](C(=O)OCC)C(C)C)cn4)c3C)c2C)cc1C1CC1)C(C)C. The van der Waals surface area contributed by atoms with Crippen molar-refractivity contribution >= 4 is 35.1 Å². The lowest BCUT2D eigenvalue weighted by Gasteiger charge is -2.21. The zero-order valence-corrected chi connectivity index (χ0v) is 36.2. The van der Waals surface area contributed by atoms with Crippen LogP contribution in [-0.2, 0) is 32.2 Å². The molecule has 4 aromatic rings. The van der Waals surface area contributed by atoms with E-state index in [9.17, 15) is 19.2 Å². The summed E-state index contributed by atoms with van der Waals surface area (Å²) in [7, 11) is 0. The second-order valence-corrected chi connectivity index (χ2v) is 16.7. The quantitative estimate of drug-likeness (QED) is 0.0677. The molecule has 2 aliphatic rings. The van der Waals surface area contributed by atoms with Crippen molar-refractivity contribution in [3.8, 4) is 11.1 Å². The second-order valence-electron chi connectivity index (χ2n) is 16.7. The Labute approximate surface area is 354 Å². The number of nitrogens with one attached hydrogen (secondary N) is 4. The van der Waals surface area contributed by atoms with Crippen LogP contribution in [0.2, 0.25) is 0 Å². The number of anilines is 2. The molecule has 60 heavy (non-hydrogen) atoms. The summed E-state index contributed by atoms with van der Waals surface area (Å²) < 4.78 is 10.6. The number of benzene rings is 2. The molecule has 2 aromatic carbocycles. The van der Waals surface area contributed by atoms with Gasteiger partial charge in [-0.1, -0.05) is 52.0 Å². The number of carbonyl (C=O) groups excluding carboxylic acids is 4. The zero-order valence-electron chi connectivity index (χ0n) is 36.2. The topological polar surface area (TPSA) is 161 Å². The summed E-state index contributed by atoms with van der Waals surface area (Å²) >= 11 is 0. The smallest absolute Gasteiger partial charge is 0.323 e. The highest BCUT2D eigenvalue weighted by Gasteiger charge is 2.31. The number of amides is 2. The fraction of sp³-hybridized carbons (Fsp3) is 0.458. The minimum atomic E-state index is -0.441. The van der Waals surface area contributed by atoms with Crippen molar-refractivity contribution in [2.75, 3.05) is 23.8 Å². The number of ether oxygens (including phenoxy) is 2. The molecule has 2 aromatic heterocycles. The lowest BCUT2D eigenvalue weighted by Crippen LogP contribution is -2.41. The zero-order chi connectivity index (χ0) is 43.1. The number of carbonyl (C=O) groups is 4. The van der Waals surface area contributed by atoms with E-state index in [1.807, 2.05) is 90.1 Å². The summed E-state index contributed by atoms with van der Waals surface area (Å²) in [6.07, 6.45) is 7.67. The minimum Gasteiger partial charge on any atom is -0.465 e. The maximum absolute atomic E-state index is 13.7. The average molecular weight is 817 g/mol. The highest BCUT2D eigenvalue weighted by Crippen LogP contribution is 2.43. The number of esters is 2. The van der Waals surface area contributed by atoms with Gasteiger partial charge in [0, 0.05) is 36.9 Å². The molecule has 2 amide bonds. The maximum Gasteiger partial charge on any atom is 0.323 e. The van der Waals surface area contributed by atoms with Crippen LogP contribution in [0.3, 0.4) is 0 Å². The summed E-state index contributed by atoms with van der Waals surface area (Å²) in [5, 5.41) is 12.9. The first-order valence-corrected chi connectivity index (χ1v) is 21.4. The van der Waals surface area contributed by atoms with Gasteiger partial charge >= 0.3 is 11.9 Å². The lowest BCUT2D eigenvalue weighted by molar-refractivity contribution is -0.147. The van der Waals surface area contributed by atoms with Crippen molar-refractivity contribution in [1.29, 1.82) is 0 Å². The van der Waals surface area contributed by atoms with Crippen LogP contribution in [0.25, 0.3) is 11.1 Å². The minimum absolute atomic E-state index is 0.0511. The van der Waals surface area contributed by atoms with Gasteiger partial charge in [0.25, 0.3) is 11.8 Å². The summed E-state index contributed by atoms with van der Waals surface area (Å²) in [5.74, 6) is -0.332. The molecule has 2 fully saturated rings. The first kappa shape index (κ1) is 44.1. The Morgan fingerprint density at radius 2 is 1.02 bits per heavy atom. The van der Waals surface area contributed by atoms with Gasteiger partial charge in [-0.2, -0.15) is 0 Å². The van der Waals surface area contributed by atoms with Gasteiger partial charge in [-0.05, 0) is 146 Å². The molecule has 0 bridgehead atoms. The van der Waals surface area contributed by atoms with E-state index in [0.717, 1.165) is 70.2 Å². The van der Waals surface area contributed by atoms with E-state index in [2.05, 4.69) is 31.2 Å². The molecule has 6 rings (SSSR count). The van der Waals surface area contributed by atoms with Crippen LogP contribution in [-0.4, -0.2) is 59.0 Å². The van der Waals surface area contributed by atoms with Crippen molar-refractivity contribution in [3.63, 3.8) is 0 Å². The fourth-order valence-electron chi connectivity index (χ4n) is 7.68. The molecule has 2 saturated carbocycles. The van der Waals surface area contributed by atoms with Gasteiger partial charge in [-0.15, -0.1) is 0 Å². The Balaban J connectivity index is 1.15. The van der Waals surface area contributed by atoms with Crippen molar-refractivity contribution in [3.05, 3.63) is 106 Å². The molecule has 12 heteroatoms. The molecule has 2 atom stereocenters. The number of aromatic nitrogens is 2. The monoisotopic (exact) mass is 816 g/mol.